The summed E-state index contributed by atoms with van der Waals surface area (Å²) in [5.74, 6) is -0.0959. The van der Waals surface area contributed by atoms with Crippen molar-refractivity contribution in [2.75, 3.05) is 6.61 Å². The lowest BCUT2D eigenvalue weighted by Crippen LogP contribution is -2.43. The Bertz CT molecular complexity index is 713. The number of carbonyl (C=O) groups excluding carboxylic acids is 2. The zero-order valence-electron chi connectivity index (χ0n) is 12.7. The highest BCUT2D eigenvalue weighted by Gasteiger charge is 2.12. The molecule has 0 unspecified atom stereocenters. The largest absolute Gasteiger partial charge is 0.484 e. The van der Waals surface area contributed by atoms with Gasteiger partial charge in [0.15, 0.2) is 6.61 Å². The van der Waals surface area contributed by atoms with Crippen LogP contribution in [0.2, 0.25) is 0 Å². The molecule has 3 rings (SSSR count). The summed E-state index contributed by atoms with van der Waals surface area (Å²) in [6, 6.07) is 14.6. The first-order chi connectivity index (χ1) is 11.2. The van der Waals surface area contributed by atoms with Crippen LogP contribution in [0.25, 0.3) is 0 Å². The lowest BCUT2D eigenvalue weighted by Gasteiger charge is -2.10. The fourth-order valence-electron chi connectivity index (χ4n) is 2.61. The van der Waals surface area contributed by atoms with Crippen molar-refractivity contribution in [3.63, 3.8) is 0 Å². The minimum absolute atomic E-state index is 0.145. The Morgan fingerprint density at radius 1 is 0.957 bits per heavy atom. The van der Waals surface area contributed by atoms with Crippen LogP contribution >= 0.6 is 0 Å². The second kappa shape index (κ2) is 6.96. The second-order valence-electron chi connectivity index (χ2n) is 5.44. The number of amides is 2. The number of aryl methyl sites for hydroxylation is 2. The van der Waals surface area contributed by atoms with Crippen LogP contribution in [0.15, 0.2) is 48.5 Å². The van der Waals surface area contributed by atoms with Gasteiger partial charge in [0, 0.05) is 5.56 Å². The number of nitrogens with one attached hydrogen (secondary N) is 2. The van der Waals surface area contributed by atoms with Gasteiger partial charge in [0.05, 0.1) is 0 Å². The molecule has 5 nitrogen and oxygen atoms in total. The Morgan fingerprint density at radius 3 is 2.57 bits per heavy atom. The summed E-state index contributed by atoms with van der Waals surface area (Å²) in [5.41, 5.74) is 7.83. The molecule has 0 spiro atoms. The third-order valence-electron chi connectivity index (χ3n) is 3.79. The van der Waals surface area contributed by atoms with Gasteiger partial charge in [0.1, 0.15) is 5.75 Å². The molecule has 1 aliphatic carbocycles. The van der Waals surface area contributed by atoms with Gasteiger partial charge in [0.25, 0.3) is 11.8 Å². The minimum Gasteiger partial charge on any atom is -0.484 e. The van der Waals surface area contributed by atoms with Crippen molar-refractivity contribution >= 4 is 11.8 Å². The van der Waals surface area contributed by atoms with Crippen molar-refractivity contribution in [3.8, 4) is 5.75 Å². The van der Waals surface area contributed by atoms with E-state index in [-0.39, 0.29) is 12.5 Å². The molecule has 5 heteroatoms. The molecular weight excluding hydrogens is 292 g/mol. The predicted octanol–water partition coefficient (Wildman–Crippen LogP) is 2.02. The third-order valence-corrected chi connectivity index (χ3v) is 3.79. The van der Waals surface area contributed by atoms with Gasteiger partial charge in [0.2, 0.25) is 0 Å². The first kappa shape index (κ1) is 15.1. The molecule has 2 N–H and O–H groups in total. The average Bonchev–Trinajstić information content (AvgIpc) is 3.06. The molecule has 0 fully saturated rings. The molecule has 0 aromatic heterocycles. The van der Waals surface area contributed by atoms with Gasteiger partial charge in [-0.1, -0.05) is 24.3 Å². The van der Waals surface area contributed by atoms with E-state index in [1.165, 1.54) is 17.5 Å². The van der Waals surface area contributed by atoms with Gasteiger partial charge in [-0.2, -0.15) is 0 Å². The number of rotatable bonds is 4. The number of hydrogen-bond donors (Lipinski definition) is 2. The molecule has 118 valence electrons. The maximum absolute atomic E-state index is 11.8. The number of ether oxygens (including phenoxy) is 1. The monoisotopic (exact) mass is 310 g/mol. The van der Waals surface area contributed by atoms with Crippen LogP contribution in [0, 0.1) is 0 Å². The van der Waals surface area contributed by atoms with Gasteiger partial charge < -0.3 is 4.74 Å². The number of hydrazine groups is 1. The first-order valence-electron chi connectivity index (χ1n) is 7.61. The van der Waals surface area contributed by atoms with Crippen molar-refractivity contribution < 1.29 is 14.3 Å². The van der Waals surface area contributed by atoms with Gasteiger partial charge in [-0.05, 0) is 54.7 Å². The number of benzene rings is 2. The van der Waals surface area contributed by atoms with E-state index >= 15 is 0 Å². The zero-order chi connectivity index (χ0) is 16.1. The standard InChI is InChI=1S/C18H18N2O3/c21-17(19-20-18(22)14-5-2-1-3-6-14)12-23-16-10-9-13-7-4-8-15(13)11-16/h1-3,5-6,9-11H,4,7-8,12H2,(H,19,21)(H,20,22). The Kier molecular flexibility index (Phi) is 4.57. The fraction of sp³-hybridized carbons (Fsp3) is 0.222. The minimum atomic E-state index is -0.408. The van der Waals surface area contributed by atoms with Crippen molar-refractivity contribution in [2.45, 2.75) is 19.3 Å². The summed E-state index contributed by atoms with van der Waals surface area (Å²) in [7, 11) is 0. The molecule has 2 aromatic rings. The molecule has 0 saturated heterocycles. The topological polar surface area (TPSA) is 67.4 Å². The molecule has 2 amide bonds. The molecule has 0 atom stereocenters. The second-order valence-corrected chi connectivity index (χ2v) is 5.44. The van der Waals surface area contributed by atoms with E-state index in [4.69, 9.17) is 4.74 Å². The third kappa shape index (κ3) is 3.88. The molecule has 0 aliphatic heterocycles. The van der Waals surface area contributed by atoms with Crippen molar-refractivity contribution in [3.05, 3.63) is 65.2 Å². The van der Waals surface area contributed by atoms with Gasteiger partial charge in [-0.15, -0.1) is 0 Å². The predicted molar refractivity (Wildman–Crippen MR) is 86.0 cm³/mol. The van der Waals surface area contributed by atoms with E-state index in [1.807, 2.05) is 24.3 Å². The lowest BCUT2D eigenvalue weighted by molar-refractivity contribution is -0.123. The summed E-state index contributed by atoms with van der Waals surface area (Å²) < 4.78 is 5.47. The van der Waals surface area contributed by atoms with Crippen LogP contribution in [0.3, 0.4) is 0 Å². The Labute approximate surface area is 134 Å². The van der Waals surface area contributed by atoms with E-state index in [0.29, 0.717) is 11.3 Å². The van der Waals surface area contributed by atoms with E-state index in [9.17, 15) is 9.59 Å². The maximum atomic E-state index is 11.8. The summed E-state index contributed by atoms with van der Waals surface area (Å²) in [4.78, 5) is 23.5. The van der Waals surface area contributed by atoms with Crippen LogP contribution in [0.1, 0.15) is 27.9 Å². The fourth-order valence-corrected chi connectivity index (χ4v) is 2.61. The zero-order valence-corrected chi connectivity index (χ0v) is 12.7. The Balaban J connectivity index is 1.46. The summed E-state index contributed by atoms with van der Waals surface area (Å²) in [6.07, 6.45) is 3.35. The van der Waals surface area contributed by atoms with Crippen LogP contribution in [0.4, 0.5) is 0 Å². The molecule has 0 heterocycles. The van der Waals surface area contributed by atoms with E-state index in [2.05, 4.69) is 10.9 Å². The van der Waals surface area contributed by atoms with Crippen molar-refractivity contribution in [2.24, 2.45) is 0 Å². The number of fused-ring (bicyclic) bond motifs is 1. The lowest BCUT2D eigenvalue weighted by atomic mass is 10.1. The van der Waals surface area contributed by atoms with Crippen LogP contribution in [0.5, 0.6) is 5.75 Å². The van der Waals surface area contributed by atoms with Gasteiger partial charge in [-0.25, -0.2) is 0 Å². The van der Waals surface area contributed by atoms with Crippen molar-refractivity contribution in [1.29, 1.82) is 0 Å². The molecule has 0 radical (unpaired) electrons. The van der Waals surface area contributed by atoms with E-state index < -0.39 is 5.91 Å². The van der Waals surface area contributed by atoms with Crippen molar-refractivity contribution in [1.82, 2.24) is 10.9 Å². The molecular formula is C18H18N2O3. The smallest absolute Gasteiger partial charge is 0.276 e. The number of hydrogen-bond acceptors (Lipinski definition) is 3. The SMILES string of the molecule is O=C(COc1ccc2c(c1)CCC2)NNC(=O)c1ccccc1. The summed E-state index contributed by atoms with van der Waals surface area (Å²) >= 11 is 0. The molecule has 0 saturated carbocycles. The molecule has 23 heavy (non-hydrogen) atoms. The Morgan fingerprint density at radius 2 is 1.74 bits per heavy atom. The number of carbonyl (C=O) groups is 2. The van der Waals surface area contributed by atoms with Gasteiger partial charge >= 0.3 is 0 Å². The first-order valence-corrected chi connectivity index (χ1v) is 7.61. The average molecular weight is 310 g/mol. The molecule has 1 aliphatic rings. The normalized spacial score (nSPS) is 12.3. The summed E-state index contributed by atoms with van der Waals surface area (Å²) in [5, 5.41) is 0. The molecule has 0 bridgehead atoms. The van der Waals surface area contributed by atoms with E-state index in [0.717, 1.165) is 12.8 Å². The van der Waals surface area contributed by atoms with Crippen LogP contribution in [-0.4, -0.2) is 18.4 Å². The Hall–Kier alpha value is -2.82. The molecule has 2 aromatic carbocycles. The van der Waals surface area contributed by atoms with Crippen LogP contribution in [-0.2, 0) is 17.6 Å². The van der Waals surface area contributed by atoms with E-state index in [1.54, 1.807) is 24.3 Å². The maximum Gasteiger partial charge on any atom is 0.276 e. The highest BCUT2D eigenvalue weighted by Crippen LogP contribution is 2.25. The van der Waals surface area contributed by atoms with Gasteiger partial charge in [-0.3, -0.25) is 20.4 Å². The van der Waals surface area contributed by atoms with Crippen LogP contribution < -0.4 is 15.6 Å². The highest BCUT2D eigenvalue weighted by molar-refractivity contribution is 5.95. The summed E-state index contributed by atoms with van der Waals surface area (Å²) in [6.45, 7) is -0.145. The highest BCUT2D eigenvalue weighted by atomic mass is 16.5. The quantitative estimate of drug-likeness (QED) is 0.849.